The van der Waals surface area contributed by atoms with Crippen molar-refractivity contribution in [2.75, 3.05) is 0 Å². The van der Waals surface area contributed by atoms with Gasteiger partial charge in [0.05, 0.1) is 11.8 Å². The molecule has 1 aromatic heterocycles. The number of hydrogen-bond acceptors (Lipinski definition) is 2. The van der Waals surface area contributed by atoms with Gasteiger partial charge in [0, 0.05) is 18.3 Å². The van der Waals surface area contributed by atoms with Crippen LogP contribution in [0.5, 0.6) is 0 Å². The van der Waals surface area contributed by atoms with Crippen LogP contribution in [0.4, 0.5) is 0 Å². The first-order valence-electron chi connectivity index (χ1n) is 7.33. The van der Waals surface area contributed by atoms with E-state index in [1.807, 2.05) is 35.3 Å². The number of hydrogen-bond donors (Lipinski definition) is 1. The SMILES string of the molecule is CC(C)Cn1cc(-c2ccc3cc(C(=O)O)ccc3c2)cn1. The maximum atomic E-state index is 11.0. The fourth-order valence-electron chi connectivity index (χ4n) is 2.54. The van der Waals surface area contributed by atoms with E-state index in [0.29, 0.717) is 11.5 Å². The molecule has 4 heteroatoms. The molecule has 22 heavy (non-hydrogen) atoms. The van der Waals surface area contributed by atoms with Crippen molar-refractivity contribution in [2.45, 2.75) is 20.4 Å². The average Bonchev–Trinajstić information content (AvgIpc) is 2.93. The fraction of sp³-hybridized carbons (Fsp3) is 0.222. The van der Waals surface area contributed by atoms with Gasteiger partial charge in [-0.1, -0.05) is 32.0 Å². The average molecular weight is 294 g/mol. The van der Waals surface area contributed by atoms with Crippen LogP contribution in [0.15, 0.2) is 48.8 Å². The number of carbonyl (C=O) groups is 1. The van der Waals surface area contributed by atoms with E-state index in [4.69, 9.17) is 5.11 Å². The van der Waals surface area contributed by atoms with Crippen molar-refractivity contribution in [1.29, 1.82) is 0 Å². The number of nitrogens with zero attached hydrogens (tertiary/aromatic N) is 2. The minimum Gasteiger partial charge on any atom is -0.478 e. The van der Waals surface area contributed by atoms with Gasteiger partial charge in [0.1, 0.15) is 0 Å². The number of carboxylic acids is 1. The molecule has 4 nitrogen and oxygen atoms in total. The summed E-state index contributed by atoms with van der Waals surface area (Å²) in [5.74, 6) is -0.347. The highest BCUT2D eigenvalue weighted by Gasteiger charge is 2.07. The molecule has 0 aliphatic rings. The Labute approximate surface area is 129 Å². The number of aromatic nitrogens is 2. The lowest BCUT2D eigenvalue weighted by Gasteiger charge is -2.04. The van der Waals surface area contributed by atoms with E-state index >= 15 is 0 Å². The number of benzene rings is 2. The standard InChI is InChI=1S/C18H18N2O2/c1-12(2)10-20-11-17(9-19-20)15-4-3-14-8-16(18(21)22)6-5-13(14)7-15/h3-9,11-12H,10H2,1-2H3,(H,21,22). The van der Waals surface area contributed by atoms with Crippen LogP contribution in [-0.2, 0) is 6.54 Å². The smallest absolute Gasteiger partial charge is 0.335 e. The van der Waals surface area contributed by atoms with E-state index in [1.165, 1.54) is 0 Å². The summed E-state index contributed by atoms with van der Waals surface area (Å²) in [5.41, 5.74) is 2.47. The minimum absolute atomic E-state index is 0.310. The minimum atomic E-state index is -0.902. The summed E-state index contributed by atoms with van der Waals surface area (Å²) in [6, 6.07) is 11.2. The maximum absolute atomic E-state index is 11.0. The lowest BCUT2D eigenvalue weighted by molar-refractivity contribution is 0.0697. The Morgan fingerprint density at radius 2 is 1.86 bits per heavy atom. The molecule has 0 bridgehead atoms. The molecule has 112 valence electrons. The highest BCUT2D eigenvalue weighted by molar-refractivity contribution is 5.95. The number of rotatable bonds is 4. The molecule has 0 saturated heterocycles. The van der Waals surface area contributed by atoms with E-state index < -0.39 is 5.97 Å². The highest BCUT2D eigenvalue weighted by Crippen LogP contribution is 2.25. The van der Waals surface area contributed by atoms with Crippen LogP contribution in [0, 0.1) is 5.92 Å². The normalized spacial score (nSPS) is 11.2. The summed E-state index contributed by atoms with van der Waals surface area (Å²) < 4.78 is 1.96. The zero-order chi connectivity index (χ0) is 15.7. The third kappa shape index (κ3) is 2.86. The van der Waals surface area contributed by atoms with Gasteiger partial charge >= 0.3 is 5.97 Å². The zero-order valence-electron chi connectivity index (χ0n) is 12.7. The Bertz CT molecular complexity index is 834. The van der Waals surface area contributed by atoms with Crippen LogP contribution in [0.3, 0.4) is 0 Å². The summed E-state index contributed by atoms with van der Waals surface area (Å²) >= 11 is 0. The number of carboxylic acid groups (broad SMARTS) is 1. The van der Waals surface area contributed by atoms with E-state index in [-0.39, 0.29) is 0 Å². The van der Waals surface area contributed by atoms with Crippen molar-refractivity contribution in [3.8, 4) is 11.1 Å². The van der Waals surface area contributed by atoms with E-state index in [2.05, 4.69) is 25.0 Å². The highest BCUT2D eigenvalue weighted by atomic mass is 16.4. The Hall–Kier alpha value is -2.62. The maximum Gasteiger partial charge on any atom is 0.335 e. The van der Waals surface area contributed by atoms with Crippen molar-refractivity contribution in [2.24, 2.45) is 5.92 Å². The predicted molar refractivity (Wildman–Crippen MR) is 87.0 cm³/mol. The van der Waals surface area contributed by atoms with Gasteiger partial charge in [0.15, 0.2) is 0 Å². The van der Waals surface area contributed by atoms with E-state index in [9.17, 15) is 4.79 Å². The van der Waals surface area contributed by atoms with Gasteiger partial charge in [-0.05, 0) is 40.5 Å². The van der Waals surface area contributed by atoms with Gasteiger partial charge in [-0.3, -0.25) is 4.68 Å². The Balaban J connectivity index is 1.96. The molecule has 0 amide bonds. The lowest BCUT2D eigenvalue weighted by Crippen LogP contribution is -2.03. The summed E-state index contributed by atoms with van der Waals surface area (Å²) in [6.45, 7) is 5.23. The van der Waals surface area contributed by atoms with Gasteiger partial charge < -0.3 is 5.11 Å². The molecule has 3 rings (SSSR count). The summed E-state index contributed by atoms with van der Waals surface area (Å²) in [7, 11) is 0. The molecule has 0 unspecified atom stereocenters. The molecule has 2 aromatic carbocycles. The van der Waals surface area contributed by atoms with E-state index in [1.54, 1.807) is 12.1 Å². The van der Waals surface area contributed by atoms with Crippen molar-refractivity contribution in [1.82, 2.24) is 9.78 Å². The van der Waals surface area contributed by atoms with Gasteiger partial charge in [-0.25, -0.2) is 4.79 Å². The molecule has 0 aliphatic carbocycles. The molecule has 1 N–H and O–H groups in total. The second-order valence-corrected chi connectivity index (χ2v) is 5.93. The summed E-state index contributed by atoms with van der Waals surface area (Å²) in [5, 5.41) is 15.4. The fourth-order valence-corrected chi connectivity index (χ4v) is 2.54. The Morgan fingerprint density at radius 3 is 2.59 bits per heavy atom. The molecule has 0 atom stereocenters. The third-order valence-electron chi connectivity index (χ3n) is 3.61. The van der Waals surface area contributed by atoms with Crippen molar-refractivity contribution in [3.63, 3.8) is 0 Å². The van der Waals surface area contributed by atoms with E-state index in [0.717, 1.165) is 28.4 Å². The second-order valence-electron chi connectivity index (χ2n) is 5.93. The first-order chi connectivity index (χ1) is 10.5. The molecular formula is C18H18N2O2. The van der Waals surface area contributed by atoms with Crippen molar-refractivity contribution < 1.29 is 9.90 Å². The van der Waals surface area contributed by atoms with Crippen LogP contribution in [0.1, 0.15) is 24.2 Å². The van der Waals surface area contributed by atoms with Gasteiger partial charge in [0.2, 0.25) is 0 Å². The predicted octanol–water partition coefficient (Wildman–Crippen LogP) is 4.06. The van der Waals surface area contributed by atoms with Crippen molar-refractivity contribution in [3.05, 3.63) is 54.4 Å². The Kier molecular flexibility index (Phi) is 3.67. The summed E-state index contributed by atoms with van der Waals surface area (Å²) in [4.78, 5) is 11.0. The number of aromatic carboxylic acids is 1. The van der Waals surface area contributed by atoms with Crippen LogP contribution in [0.25, 0.3) is 21.9 Å². The zero-order valence-corrected chi connectivity index (χ0v) is 12.7. The van der Waals surface area contributed by atoms with Crippen molar-refractivity contribution >= 4 is 16.7 Å². The van der Waals surface area contributed by atoms with Gasteiger partial charge in [0.25, 0.3) is 0 Å². The molecule has 0 fully saturated rings. The van der Waals surface area contributed by atoms with Gasteiger partial charge in [-0.2, -0.15) is 5.10 Å². The first kappa shape index (κ1) is 14.3. The molecule has 0 saturated carbocycles. The molecule has 0 radical (unpaired) electrons. The third-order valence-corrected chi connectivity index (χ3v) is 3.61. The van der Waals surface area contributed by atoms with Crippen LogP contribution in [-0.4, -0.2) is 20.9 Å². The molecule has 3 aromatic rings. The second kappa shape index (κ2) is 5.64. The molecule has 1 heterocycles. The monoisotopic (exact) mass is 294 g/mol. The largest absolute Gasteiger partial charge is 0.478 e. The molecule has 0 aliphatic heterocycles. The number of fused-ring (bicyclic) bond motifs is 1. The van der Waals surface area contributed by atoms with Gasteiger partial charge in [-0.15, -0.1) is 0 Å². The van der Waals surface area contributed by atoms with Crippen LogP contribution < -0.4 is 0 Å². The Morgan fingerprint density at radius 1 is 1.14 bits per heavy atom. The van der Waals surface area contributed by atoms with Crippen LogP contribution in [0.2, 0.25) is 0 Å². The molecule has 0 spiro atoms. The quantitative estimate of drug-likeness (QED) is 0.789. The summed E-state index contributed by atoms with van der Waals surface area (Å²) in [6.07, 6.45) is 3.92. The van der Waals surface area contributed by atoms with Crippen LogP contribution >= 0.6 is 0 Å². The molecular weight excluding hydrogens is 276 g/mol. The first-order valence-corrected chi connectivity index (χ1v) is 7.33. The topological polar surface area (TPSA) is 55.1 Å². The lowest BCUT2D eigenvalue weighted by atomic mass is 10.0.